The molecular formula is C22H26ClN3O4S. The molecular weight excluding hydrogens is 438 g/mol. The Morgan fingerprint density at radius 3 is 2.06 bits per heavy atom. The highest BCUT2D eigenvalue weighted by molar-refractivity contribution is 7.89. The van der Waals surface area contributed by atoms with Gasteiger partial charge in [-0.1, -0.05) is 42.3 Å². The van der Waals surface area contributed by atoms with E-state index in [1.54, 1.807) is 48.5 Å². The van der Waals surface area contributed by atoms with Crippen LogP contribution in [0.3, 0.4) is 0 Å². The van der Waals surface area contributed by atoms with Crippen molar-refractivity contribution in [3.8, 4) is 0 Å². The van der Waals surface area contributed by atoms with Gasteiger partial charge in [0.25, 0.3) is 0 Å². The molecule has 1 heterocycles. The highest BCUT2D eigenvalue weighted by Gasteiger charge is 2.25. The second kappa shape index (κ2) is 10.7. The first-order valence-electron chi connectivity index (χ1n) is 10.3. The predicted molar refractivity (Wildman–Crippen MR) is 119 cm³/mol. The molecule has 31 heavy (non-hydrogen) atoms. The summed E-state index contributed by atoms with van der Waals surface area (Å²) in [5.41, 5.74) is 6.42. The Kier molecular flexibility index (Phi) is 8.06. The highest BCUT2D eigenvalue weighted by Crippen LogP contribution is 2.21. The Bertz CT molecular complexity index is 1000. The summed E-state index contributed by atoms with van der Waals surface area (Å²) in [7, 11) is -3.46. The molecule has 0 aromatic heterocycles. The topological polar surface area (TPSA) is 95.6 Å². The van der Waals surface area contributed by atoms with Gasteiger partial charge in [0, 0.05) is 24.5 Å². The highest BCUT2D eigenvalue weighted by atomic mass is 35.5. The molecule has 166 valence electrons. The number of piperidine rings is 1. The lowest BCUT2D eigenvalue weighted by Crippen LogP contribution is -2.42. The lowest BCUT2D eigenvalue weighted by Gasteiger charge is -2.25. The van der Waals surface area contributed by atoms with Crippen LogP contribution in [0.25, 0.3) is 0 Å². The monoisotopic (exact) mass is 463 g/mol. The molecule has 0 aliphatic carbocycles. The fourth-order valence-corrected chi connectivity index (χ4v) is 5.02. The van der Waals surface area contributed by atoms with Gasteiger partial charge in [-0.05, 0) is 54.7 Å². The normalized spacial score (nSPS) is 14.7. The molecule has 1 fully saturated rings. The summed E-state index contributed by atoms with van der Waals surface area (Å²) in [6.45, 7) is 1.13. The molecule has 0 spiro atoms. The van der Waals surface area contributed by atoms with Gasteiger partial charge >= 0.3 is 0 Å². The Hall–Kier alpha value is -2.42. The number of sulfonamides is 1. The molecule has 7 nitrogen and oxygen atoms in total. The molecule has 3 rings (SSSR count). The van der Waals surface area contributed by atoms with Gasteiger partial charge in [0.15, 0.2) is 0 Å². The molecule has 1 aliphatic rings. The summed E-state index contributed by atoms with van der Waals surface area (Å²) in [5.74, 6) is -0.655. The van der Waals surface area contributed by atoms with Crippen LogP contribution in [-0.4, -0.2) is 37.6 Å². The molecule has 1 aliphatic heterocycles. The standard InChI is InChI=1S/C22H26ClN3O4S/c23-19-9-4-18(5-10-19)16-22(28)25-24-21(27)13-8-17-6-11-20(12-7-17)31(29,30)26-14-2-1-3-15-26/h4-7,9-12H,1-3,8,13-16H2,(H,24,27)(H,25,28). The predicted octanol–water partition coefficient (Wildman–Crippen LogP) is 2.84. The van der Waals surface area contributed by atoms with Crippen LogP contribution in [0.5, 0.6) is 0 Å². The molecule has 0 atom stereocenters. The SMILES string of the molecule is O=C(CCc1ccc(S(=O)(=O)N2CCCCC2)cc1)NNC(=O)Cc1ccc(Cl)cc1. The first kappa shape index (κ1) is 23.2. The number of hydrogen-bond acceptors (Lipinski definition) is 4. The second-order valence-corrected chi connectivity index (χ2v) is 9.88. The van der Waals surface area contributed by atoms with E-state index in [0.29, 0.717) is 24.5 Å². The first-order valence-corrected chi connectivity index (χ1v) is 12.1. The molecule has 2 N–H and O–H groups in total. The van der Waals surface area contributed by atoms with Crippen molar-refractivity contribution in [2.24, 2.45) is 0 Å². The number of rotatable bonds is 7. The van der Waals surface area contributed by atoms with E-state index in [1.807, 2.05) is 0 Å². The number of carbonyl (C=O) groups is 2. The number of hydrogen-bond donors (Lipinski definition) is 2. The zero-order valence-electron chi connectivity index (χ0n) is 17.1. The third kappa shape index (κ3) is 6.78. The molecule has 2 aromatic rings. The van der Waals surface area contributed by atoms with E-state index in [1.165, 1.54) is 4.31 Å². The van der Waals surface area contributed by atoms with Crippen molar-refractivity contribution in [1.29, 1.82) is 0 Å². The van der Waals surface area contributed by atoms with Gasteiger partial charge in [0.2, 0.25) is 21.8 Å². The summed E-state index contributed by atoms with van der Waals surface area (Å²) in [4.78, 5) is 24.2. The number of halogens is 1. The van der Waals surface area contributed by atoms with Crippen molar-refractivity contribution in [1.82, 2.24) is 15.2 Å². The third-order valence-electron chi connectivity index (χ3n) is 5.14. The van der Waals surface area contributed by atoms with Crippen LogP contribution in [0, 0.1) is 0 Å². The van der Waals surface area contributed by atoms with Gasteiger partial charge < -0.3 is 0 Å². The zero-order valence-corrected chi connectivity index (χ0v) is 18.7. The fourth-order valence-electron chi connectivity index (χ4n) is 3.37. The van der Waals surface area contributed by atoms with E-state index in [0.717, 1.165) is 30.4 Å². The van der Waals surface area contributed by atoms with Gasteiger partial charge in [-0.25, -0.2) is 8.42 Å². The summed E-state index contributed by atoms with van der Waals surface area (Å²) >= 11 is 5.81. The van der Waals surface area contributed by atoms with Crippen molar-refractivity contribution in [2.75, 3.05) is 13.1 Å². The van der Waals surface area contributed by atoms with Crippen LogP contribution in [0.2, 0.25) is 5.02 Å². The van der Waals surface area contributed by atoms with E-state index >= 15 is 0 Å². The molecule has 2 aromatic carbocycles. The molecule has 0 unspecified atom stereocenters. The summed E-state index contributed by atoms with van der Waals surface area (Å²) in [5, 5.41) is 0.592. The van der Waals surface area contributed by atoms with Crippen molar-refractivity contribution in [3.63, 3.8) is 0 Å². The number of nitrogens with zero attached hydrogens (tertiary/aromatic N) is 1. The summed E-state index contributed by atoms with van der Waals surface area (Å²) in [6, 6.07) is 13.5. The smallest absolute Gasteiger partial charge is 0.243 e. The third-order valence-corrected chi connectivity index (χ3v) is 7.30. The first-order chi connectivity index (χ1) is 14.8. The molecule has 0 saturated carbocycles. The number of nitrogens with one attached hydrogen (secondary N) is 2. The average Bonchev–Trinajstić information content (AvgIpc) is 2.79. The maximum atomic E-state index is 12.7. The molecule has 9 heteroatoms. The summed E-state index contributed by atoms with van der Waals surface area (Å²) in [6.07, 6.45) is 3.58. The number of aryl methyl sites for hydroxylation is 1. The van der Waals surface area contributed by atoms with Crippen LogP contribution >= 0.6 is 11.6 Å². The average molecular weight is 464 g/mol. The van der Waals surface area contributed by atoms with Crippen molar-refractivity contribution < 1.29 is 18.0 Å². The number of carbonyl (C=O) groups excluding carboxylic acids is 2. The van der Waals surface area contributed by atoms with Crippen molar-refractivity contribution >= 4 is 33.4 Å². The van der Waals surface area contributed by atoms with Crippen LogP contribution in [-0.2, 0) is 32.5 Å². The molecule has 0 bridgehead atoms. The van der Waals surface area contributed by atoms with E-state index in [-0.39, 0.29) is 29.6 Å². The van der Waals surface area contributed by atoms with E-state index in [2.05, 4.69) is 10.9 Å². The Morgan fingerprint density at radius 1 is 0.839 bits per heavy atom. The minimum atomic E-state index is -3.46. The van der Waals surface area contributed by atoms with Crippen LogP contribution in [0.15, 0.2) is 53.4 Å². The number of benzene rings is 2. The van der Waals surface area contributed by atoms with Crippen LogP contribution in [0.1, 0.15) is 36.8 Å². The quantitative estimate of drug-likeness (QED) is 0.617. The molecule has 1 saturated heterocycles. The van der Waals surface area contributed by atoms with Crippen LogP contribution < -0.4 is 10.9 Å². The summed E-state index contributed by atoms with van der Waals surface area (Å²) < 4.78 is 26.9. The lowest BCUT2D eigenvalue weighted by molar-refractivity contribution is -0.128. The van der Waals surface area contributed by atoms with Crippen molar-refractivity contribution in [2.45, 2.75) is 43.4 Å². The van der Waals surface area contributed by atoms with Crippen LogP contribution in [0.4, 0.5) is 0 Å². The van der Waals surface area contributed by atoms with E-state index in [4.69, 9.17) is 11.6 Å². The molecule has 0 radical (unpaired) electrons. The molecule has 2 amide bonds. The maximum Gasteiger partial charge on any atom is 0.243 e. The van der Waals surface area contributed by atoms with Gasteiger partial charge in [-0.2, -0.15) is 4.31 Å². The minimum absolute atomic E-state index is 0.129. The maximum absolute atomic E-state index is 12.7. The zero-order chi connectivity index (χ0) is 22.3. The van der Waals surface area contributed by atoms with Gasteiger partial charge in [-0.15, -0.1) is 0 Å². The second-order valence-electron chi connectivity index (χ2n) is 7.51. The number of hydrazine groups is 1. The Balaban J connectivity index is 1.43. The minimum Gasteiger partial charge on any atom is -0.273 e. The van der Waals surface area contributed by atoms with Gasteiger partial charge in [-0.3, -0.25) is 20.4 Å². The lowest BCUT2D eigenvalue weighted by atomic mass is 10.1. The van der Waals surface area contributed by atoms with E-state index < -0.39 is 10.0 Å². The Morgan fingerprint density at radius 2 is 1.42 bits per heavy atom. The van der Waals surface area contributed by atoms with Crippen molar-refractivity contribution in [3.05, 3.63) is 64.7 Å². The Labute approximate surface area is 187 Å². The number of amides is 2. The van der Waals surface area contributed by atoms with Gasteiger partial charge in [0.1, 0.15) is 0 Å². The van der Waals surface area contributed by atoms with Gasteiger partial charge in [0.05, 0.1) is 11.3 Å². The largest absolute Gasteiger partial charge is 0.273 e. The van der Waals surface area contributed by atoms with E-state index in [9.17, 15) is 18.0 Å². The fraction of sp³-hybridized carbons (Fsp3) is 0.364.